The highest BCUT2D eigenvalue weighted by molar-refractivity contribution is 6.30. The summed E-state index contributed by atoms with van der Waals surface area (Å²) in [7, 11) is 0. The van der Waals surface area contributed by atoms with Crippen LogP contribution in [0, 0.1) is 5.92 Å². The Hall–Kier alpha value is -1.95. The van der Waals surface area contributed by atoms with E-state index >= 15 is 0 Å². The second kappa shape index (κ2) is 6.44. The van der Waals surface area contributed by atoms with Gasteiger partial charge in [-0.15, -0.1) is 10.2 Å². The van der Waals surface area contributed by atoms with Crippen molar-refractivity contribution in [2.24, 2.45) is 5.92 Å². The summed E-state index contributed by atoms with van der Waals surface area (Å²) in [6.07, 6.45) is 2.25. The normalized spacial score (nSPS) is 18.5. The van der Waals surface area contributed by atoms with Crippen LogP contribution in [-0.2, 0) is 11.3 Å². The van der Waals surface area contributed by atoms with Crippen molar-refractivity contribution in [2.75, 3.05) is 13.1 Å². The molecule has 0 saturated carbocycles. The number of nitrogens with zero attached hydrogens (tertiary/aromatic N) is 5. The van der Waals surface area contributed by atoms with E-state index in [1.807, 2.05) is 17.0 Å². The van der Waals surface area contributed by atoms with Crippen molar-refractivity contribution in [3.63, 3.8) is 0 Å². The number of piperidine rings is 1. The number of amides is 1. The van der Waals surface area contributed by atoms with Crippen LogP contribution >= 0.6 is 11.6 Å². The van der Waals surface area contributed by atoms with Gasteiger partial charge in [-0.2, -0.15) is 4.80 Å². The van der Waals surface area contributed by atoms with Crippen molar-refractivity contribution in [3.05, 3.63) is 29.3 Å². The van der Waals surface area contributed by atoms with E-state index in [1.54, 1.807) is 12.1 Å². The molecule has 1 aromatic carbocycles. The minimum Gasteiger partial charge on any atom is -0.341 e. The number of halogens is 1. The molecule has 116 valence electrons. The zero-order chi connectivity index (χ0) is 15.5. The molecular weight excluding hydrogens is 302 g/mol. The lowest BCUT2D eigenvalue weighted by Gasteiger charge is -2.30. The van der Waals surface area contributed by atoms with Gasteiger partial charge in [-0.25, -0.2) is 0 Å². The SMILES string of the molecule is C[C@@H]1CCCN(C(=O)Cn2nnc(-c3cccc(Cl)c3)n2)C1. The first kappa shape index (κ1) is 15.0. The summed E-state index contributed by atoms with van der Waals surface area (Å²) in [6.45, 7) is 3.93. The predicted molar refractivity (Wildman–Crippen MR) is 83.2 cm³/mol. The fourth-order valence-corrected chi connectivity index (χ4v) is 2.88. The second-order valence-corrected chi connectivity index (χ2v) is 6.18. The van der Waals surface area contributed by atoms with Gasteiger partial charge in [0.05, 0.1) is 0 Å². The summed E-state index contributed by atoms with van der Waals surface area (Å²) in [5, 5.41) is 12.8. The zero-order valence-electron chi connectivity index (χ0n) is 12.4. The molecule has 1 aliphatic rings. The first-order chi connectivity index (χ1) is 10.6. The van der Waals surface area contributed by atoms with E-state index in [9.17, 15) is 4.79 Å². The maximum absolute atomic E-state index is 12.3. The maximum atomic E-state index is 12.3. The minimum absolute atomic E-state index is 0.0431. The monoisotopic (exact) mass is 319 g/mol. The number of hydrogen-bond acceptors (Lipinski definition) is 4. The van der Waals surface area contributed by atoms with Crippen molar-refractivity contribution in [1.82, 2.24) is 25.1 Å². The Morgan fingerprint density at radius 1 is 1.45 bits per heavy atom. The molecule has 2 aromatic rings. The van der Waals surface area contributed by atoms with E-state index in [0.717, 1.165) is 25.1 Å². The van der Waals surface area contributed by atoms with Gasteiger partial charge in [0.1, 0.15) is 6.54 Å². The fraction of sp³-hybridized carbons (Fsp3) is 0.467. The Kier molecular flexibility index (Phi) is 4.38. The highest BCUT2D eigenvalue weighted by Gasteiger charge is 2.21. The number of carbonyl (C=O) groups excluding carboxylic acids is 1. The predicted octanol–water partition coefficient (Wildman–Crippen LogP) is 2.25. The van der Waals surface area contributed by atoms with Gasteiger partial charge in [0, 0.05) is 23.7 Å². The molecule has 1 fully saturated rings. The molecule has 0 radical (unpaired) electrons. The third-order valence-electron chi connectivity index (χ3n) is 3.82. The largest absolute Gasteiger partial charge is 0.341 e. The molecular formula is C15H18ClN5O. The molecule has 6 nitrogen and oxygen atoms in total. The first-order valence-electron chi connectivity index (χ1n) is 7.43. The molecule has 0 bridgehead atoms. The van der Waals surface area contributed by atoms with Crippen LogP contribution in [0.3, 0.4) is 0 Å². The Labute approximate surface area is 134 Å². The van der Waals surface area contributed by atoms with E-state index in [0.29, 0.717) is 16.8 Å². The van der Waals surface area contributed by atoms with E-state index in [2.05, 4.69) is 22.3 Å². The Balaban J connectivity index is 1.68. The van der Waals surface area contributed by atoms with Gasteiger partial charge in [0.2, 0.25) is 11.7 Å². The number of rotatable bonds is 3. The lowest BCUT2D eigenvalue weighted by Crippen LogP contribution is -2.41. The molecule has 22 heavy (non-hydrogen) atoms. The van der Waals surface area contributed by atoms with Gasteiger partial charge < -0.3 is 4.90 Å². The van der Waals surface area contributed by atoms with Crippen LogP contribution in [-0.4, -0.2) is 44.1 Å². The molecule has 1 aromatic heterocycles. The van der Waals surface area contributed by atoms with Gasteiger partial charge in [0.15, 0.2) is 0 Å². The van der Waals surface area contributed by atoms with Crippen molar-refractivity contribution in [1.29, 1.82) is 0 Å². The van der Waals surface area contributed by atoms with Crippen LogP contribution in [0.4, 0.5) is 0 Å². The average Bonchev–Trinajstić information content (AvgIpc) is 2.96. The minimum atomic E-state index is 0.0431. The summed E-state index contributed by atoms with van der Waals surface area (Å²) >= 11 is 5.96. The van der Waals surface area contributed by atoms with E-state index in [1.165, 1.54) is 11.2 Å². The number of aromatic nitrogens is 4. The standard InChI is InChI=1S/C15H18ClN5O/c1-11-4-3-7-20(9-11)14(22)10-21-18-15(17-19-21)12-5-2-6-13(16)8-12/h2,5-6,8,11H,3-4,7,9-10H2,1H3/t11-/m1/s1. The van der Waals surface area contributed by atoms with Gasteiger partial charge in [-0.05, 0) is 36.1 Å². The van der Waals surface area contributed by atoms with Gasteiger partial charge in [0.25, 0.3) is 0 Å². The lowest BCUT2D eigenvalue weighted by atomic mass is 10.0. The second-order valence-electron chi connectivity index (χ2n) is 5.74. The topological polar surface area (TPSA) is 63.9 Å². The third-order valence-corrected chi connectivity index (χ3v) is 4.06. The first-order valence-corrected chi connectivity index (χ1v) is 7.81. The number of benzene rings is 1. The summed E-state index contributed by atoms with van der Waals surface area (Å²) in [6, 6.07) is 7.26. The van der Waals surface area contributed by atoms with Crippen LogP contribution in [0.15, 0.2) is 24.3 Å². The van der Waals surface area contributed by atoms with Crippen molar-refractivity contribution >= 4 is 17.5 Å². The van der Waals surface area contributed by atoms with Crippen molar-refractivity contribution < 1.29 is 4.79 Å². The van der Waals surface area contributed by atoms with E-state index in [-0.39, 0.29) is 12.5 Å². The Morgan fingerprint density at radius 3 is 3.09 bits per heavy atom. The van der Waals surface area contributed by atoms with Crippen LogP contribution in [0.25, 0.3) is 11.4 Å². The molecule has 1 saturated heterocycles. The lowest BCUT2D eigenvalue weighted by molar-refractivity contribution is -0.134. The van der Waals surface area contributed by atoms with Gasteiger partial charge in [-0.3, -0.25) is 4.79 Å². The number of carbonyl (C=O) groups is 1. The van der Waals surface area contributed by atoms with E-state index in [4.69, 9.17) is 11.6 Å². The average molecular weight is 320 g/mol. The highest BCUT2D eigenvalue weighted by atomic mass is 35.5. The van der Waals surface area contributed by atoms with Crippen LogP contribution in [0.1, 0.15) is 19.8 Å². The van der Waals surface area contributed by atoms with Crippen LogP contribution in [0.5, 0.6) is 0 Å². The molecule has 0 N–H and O–H groups in total. The summed E-state index contributed by atoms with van der Waals surface area (Å²) in [5.41, 5.74) is 0.790. The number of likely N-dealkylation sites (tertiary alicyclic amines) is 1. The fourth-order valence-electron chi connectivity index (χ4n) is 2.69. The zero-order valence-corrected chi connectivity index (χ0v) is 13.2. The smallest absolute Gasteiger partial charge is 0.246 e. The molecule has 2 heterocycles. The molecule has 3 rings (SSSR count). The Bertz CT molecular complexity index is 671. The molecule has 0 unspecified atom stereocenters. The molecule has 1 aliphatic heterocycles. The van der Waals surface area contributed by atoms with Crippen LogP contribution in [0.2, 0.25) is 5.02 Å². The quantitative estimate of drug-likeness (QED) is 0.870. The number of hydrogen-bond donors (Lipinski definition) is 0. The Morgan fingerprint density at radius 2 is 2.32 bits per heavy atom. The molecule has 0 aliphatic carbocycles. The molecule has 7 heteroatoms. The van der Waals surface area contributed by atoms with Crippen molar-refractivity contribution in [3.8, 4) is 11.4 Å². The maximum Gasteiger partial charge on any atom is 0.246 e. The van der Waals surface area contributed by atoms with Crippen molar-refractivity contribution in [2.45, 2.75) is 26.3 Å². The van der Waals surface area contributed by atoms with Gasteiger partial charge in [-0.1, -0.05) is 30.7 Å². The van der Waals surface area contributed by atoms with Crippen LogP contribution < -0.4 is 0 Å². The molecule has 1 atom stereocenters. The highest BCUT2D eigenvalue weighted by Crippen LogP contribution is 2.19. The molecule has 1 amide bonds. The van der Waals surface area contributed by atoms with E-state index < -0.39 is 0 Å². The summed E-state index contributed by atoms with van der Waals surface area (Å²) in [4.78, 5) is 15.5. The van der Waals surface area contributed by atoms with Gasteiger partial charge >= 0.3 is 0 Å². The summed E-state index contributed by atoms with van der Waals surface area (Å²) < 4.78 is 0. The summed E-state index contributed by atoms with van der Waals surface area (Å²) in [5.74, 6) is 1.08. The molecule has 0 spiro atoms. The number of tetrazole rings is 1. The third kappa shape index (κ3) is 3.44.